The molecule has 0 saturated heterocycles. The van der Waals surface area contributed by atoms with E-state index in [-0.39, 0.29) is 0 Å². The second kappa shape index (κ2) is 4.69. The molecule has 0 aliphatic carbocycles. The van der Waals surface area contributed by atoms with Crippen LogP contribution >= 0.6 is 0 Å². The van der Waals surface area contributed by atoms with Gasteiger partial charge in [-0.15, -0.1) is 6.58 Å². The largest absolute Gasteiger partial charge is 0.103 e. The van der Waals surface area contributed by atoms with E-state index in [9.17, 15) is 0 Å². The van der Waals surface area contributed by atoms with Crippen molar-refractivity contribution < 1.29 is 0 Å². The van der Waals surface area contributed by atoms with Gasteiger partial charge in [-0.25, -0.2) is 0 Å². The average molecular weight is 168 g/mol. The van der Waals surface area contributed by atoms with Crippen molar-refractivity contribution in [3.63, 3.8) is 0 Å². The summed E-state index contributed by atoms with van der Waals surface area (Å²) in [5, 5.41) is 0. The second-order valence-corrected chi connectivity index (χ2v) is 4.74. The Hall–Kier alpha value is -0.260. The third-order valence-electron chi connectivity index (χ3n) is 2.92. The Bertz CT molecular complexity index is 131. The molecule has 0 spiro atoms. The Morgan fingerprint density at radius 2 is 1.83 bits per heavy atom. The zero-order valence-electron chi connectivity index (χ0n) is 9.35. The van der Waals surface area contributed by atoms with Crippen molar-refractivity contribution in [2.24, 2.45) is 17.3 Å². The molecule has 0 aromatic rings. The van der Waals surface area contributed by atoms with E-state index in [0.29, 0.717) is 5.41 Å². The molecule has 72 valence electrons. The summed E-state index contributed by atoms with van der Waals surface area (Å²) in [5.74, 6) is 1.60. The molecule has 1 unspecified atom stereocenters. The Morgan fingerprint density at radius 3 is 2.08 bits per heavy atom. The zero-order valence-corrected chi connectivity index (χ0v) is 9.35. The highest BCUT2D eigenvalue weighted by Gasteiger charge is 2.28. The molecule has 0 nitrogen and oxygen atoms in total. The Morgan fingerprint density at radius 1 is 1.33 bits per heavy atom. The topological polar surface area (TPSA) is 0 Å². The molecule has 0 saturated carbocycles. The number of rotatable bonds is 5. The van der Waals surface area contributed by atoms with Crippen LogP contribution in [0.2, 0.25) is 0 Å². The van der Waals surface area contributed by atoms with Gasteiger partial charge in [-0.1, -0.05) is 47.1 Å². The molecule has 0 bridgehead atoms. The van der Waals surface area contributed by atoms with Crippen LogP contribution < -0.4 is 0 Å². The summed E-state index contributed by atoms with van der Waals surface area (Å²) in [6, 6.07) is 0. The highest BCUT2D eigenvalue weighted by atomic mass is 14.3. The predicted octanol–water partition coefficient (Wildman–Crippen LogP) is 4.27. The molecular weight excluding hydrogens is 144 g/mol. The summed E-state index contributed by atoms with van der Waals surface area (Å²) in [6.07, 6.45) is 4.45. The van der Waals surface area contributed by atoms with E-state index in [0.717, 1.165) is 18.3 Å². The van der Waals surface area contributed by atoms with E-state index < -0.39 is 0 Å². The van der Waals surface area contributed by atoms with Gasteiger partial charge in [0.2, 0.25) is 0 Å². The quantitative estimate of drug-likeness (QED) is 0.538. The average Bonchev–Trinajstić information content (AvgIpc) is 1.86. The summed E-state index contributed by atoms with van der Waals surface area (Å²) in [4.78, 5) is 0. The van der Waals surface area contributed by atoms with Crippen molar-refractivity contribution >= 4 is 0 Å². The monoisotopic (exact) mass is 168 g/mol. The van der Waals surface area contributed by atoms with E-state index >= 15 is 0 Å². The first kappa shape index (κ1) is 11.7. The highest BCUT2D eigenvalue weighted by Crippen LogP contribution is 2.37. The first-order valence-corrected chi connectivity index (χ1v) is 5.06. The minimum absolute atomic E-state index is 0.421. The van der Waals surface area contributed by atoms with Gasteiger partial charge in [0.1, 0.15) is 0 Å². The van der Waals surface area contributed by atoms with Crippen LogP contribution in [0.15, 0.2) is 12.7 Å². The van der Waals surface area contributed by atoms with Crippen LogP contribution in [0.4, 0.5) is 0 Å². The number of allylic oxidation sites excluding steroid dienone is 1. The van der Waals surface area contributed by atoms with E-state index in [1.54, 1.807) is 0 Å². The van der Waals surface area contributed by atoms with Crippen LogP contribution in [0.25, 0.3) is 0 Å². The molecule has 0 N–H and O–H groups in total. The van der Waals surface area contributed by atoms with Gasteiger partial charge in [-0.2, -0.15) is 0 Å². The van der Waals surface area contributed by atoms with Crippen LogP contribution in [0.3, 0.4) is 0 Å². The van der Waals surface area contributed by atoms with Gasteiger partial charge in [0, 0.05) is 0 Å². The Kier molecular flexibility index (Phi) is 4.59. The first-order valence-electron chi connectivity index (χ1n) is 5.06. The standard InChI is InChI=1S/C12H24/c1-7-9-12(5,6)11(8-2)10(3)4/h7,10-11H,1,8-9H2,2-6H3. The van der Waals surface area contributed by atoms with E-state index in [1.165, 1.54) is 6.42 Å². The molecule has 0 heteroatoms. The minimum Gasteiger partial charge on any atom is -0.103 e. The van der Waals surface area contributed by atoms with Crippen molar-refractivity contribution in [1.29, 1.82) is 0 Å². The van der Waals surface area contributed by atoms with Gasteiger partial charge in [0.05, 0.1) is 0 Å². The van der Waals surface area contributed by atoms with Gasteiger partial charge < -0.3 is 0 Å². The Balaban J connectivity index is 4.35. The van der Waals surface area contributed by atoms with Crippen molar-refractivity contribution in [3.8, 4) is 0 Å². The molecule has 1 atom stereocenters. The lowest BCUT2D eigenvalue weighted by molar-refractivity contribution is 0.153. The van der Waals surface area contributed by atoms with Gasteiger partial charge >= 0.3 is 0 Å². The van der Waals surface area contributed by atoms with Crippen LogP contribution in [0, 0.1) is 17.3 Å². The van der Waals surface area contributed by atoms with E-state index in [2.05, 4.69) is 41.2 Å². The minimum atomic E-state index is 0.421. The highest BCUT2D eigenvalue weighted by molar-refractivity contribution is 4.86. The van der Waals surface area contributed by atoms with Gasteiger partial charge in [-0.3, -0.25) is 0 Å². The fraction of sp³-hybridized carbons (Fsp3) is 0.833. The van der Waals surface area contributed by atoms with Crippen molar-refractivity contribution in [1.82, 2.24) is 0 Å². The van der Waals surface area contributed by atoms with E-state index in [1.807, 2.05) is 6.08 Å². The smallest absolute Gasteiger partial charge is 0.0289 e. The maximum absolute atomic E-state index is 3.82. The number of hydrogen-bond acceptors (Lipinski definition) is 0. The van der Waals surface area contributed by atoms with Gasteiger partial charge in [0.25, 0.3) is 0 Å². The van der Waals surface area contributed by atoms with Crippen molar-refractivity contribution in [2.45, 2.75) is 47.5 Å². The van der Waals surface area contributed by atoms with Crippen LogP contribution in [0.1, 0.15) is 47.5 Å². The summed E-state index contributed by atoms with van der Waals surface area (Å²) >= 11 is 0. The maximum Gasteiger partial charge on any atom is -0.0289 e. The van der Waals surface area contributed by atoms with Crippen LogP contribution in [-0.2, 0) is 0 Å². The van der Waals surface area contributed by atoms with Crippen LogP contribution in [-0.4, -0.2) is 0 Å². The molecule has 0 aliphatic heterocycles. The number of hydrogen-bond donors (Lipinski definition) is 0. The molecule has 0 amide bonds. The normalized spacial score (nSPS) is 14.8. The molecule has 0 radical (unpaired) electrons. The zero-order chi connectivity index (χ0) is 9.78. The molecule has 0 fully saturated rings. The maximum atomic E-state index is 3.82. The van der Waals surface area contributed by atoms with Crippen molar-refractivity contribution in [2.75, 3.05) is 0 Å². The lowest BCUT2D eigenvalue weighted by atomic mass is 9.70. The fourth-order valence-electron chi connectivity index (χ4n) is 2.45. The molecule has 0 heterocycles. The third kappa shape index (κ3) is 3.00. The van der Waals surface area contributed by atoms with Gasteiger partial charge in [0.15, 0.2) is 0 Å². The summed E-state index contributed by atoms with van der Waals surface area (Å²) < 4.78 is 0. The summed E-state index contributed by atoms with van der Waals surface area (Å²) in [7, 11) is 0. The Labute approximate surface area is 78.1 Å². The van der Waals surface area contributed by atoms with Crippen LogP contribution in [0.5, 0.6) is 0 Å². The summed E-state index contributed by atoms with van der Waals surface area (Å²) in [5.41, 5.74) is 0.421. The first-order chi connectivity index (χ1) is 5.45. The predicted molar refractivity (Wildman–Crippen MR) is 57.2 cm³/mol. The van der Waals surface area contributed by atoms with Gasteiger partial charge in [-0.05, 0) is 23.7 Å². The van der Waals surface area contributed by atoms with E-state index in [4.69, 9.17) is 0 Å². The molecule has 12 heavy (non-hydrogen) atoms. The molecule has 0 aliphatic rings. The summed E-state index contributed by atoms with van der Waals surface area (Å²) in [6.45, 7) is 15.4. The molecule has 0 aromatic heterocycles. The lowest BCUT2D eigenvalue weighted by Crippen LogP contribution is -2.27. The SMILES string of the molecule is C=CCC(C)(C)C(CC)C(C)C. The molecule has 0 aromatic carbocycles. The third-order valence-corrected chi connectivity index (χ3v) is 2.92. The molecular formula is C12H24. The second-order valence-electron chi connectivity index (χ2n) is 4.74. The van der Waals surface area contributed by atoms with Crippen molar-refractivity contribution in [3.05, 3.63) is 12.7 Å². The fourth-order valence-corrected chi connectivity index (χ4v) is 2.45. The lowest BCUT2D eigenvalue weighted by Gasteiger charge is -2.36. The molecule has 0 rings (SSSR count).